The average molecular weight is 1550 g/mol. The van der Waals surface area contributed by atoms with Crippen LogP contribution in [0.15, 0.2) is 0 Å². The third-order valence-electron chi connectivity index (χ3n) is 20.7. The van der Waals surface area contributed by atoms with Crippen LogP contribution in [0.5, 0.6) is 0 Å². The minimum atomic E-state index is -4.97. The van der Waals surface area contributed by atoms with Gasteiger partial charge in [0.1, 0.15) is 19.3 Å². The Morgan fingerprint density at radius 3 is 0.717 bits per heavy atom. The van der Waals surface area contributed by atoms with E-state index in [-0.39, 0.29) is 25.7 Å². The number of aliphatic hydroxyl groups excluding tert-OH is 1. The molecule has 0 aromatic rings. The van der Waals surface area contributed by atoms with Crippen molar-refractivity contribution in [1.29, 1.82) is 0 Å². The summed E-state index contributed by atoms with van der Waals surface area (Å²) in [4.78, 5) is 73.3. The highest BCUT2D eigenvalue weighted by molar-refractivity contribution is 7.47. The van der Waals surface area contributed by atoms with Gasteiger partial charge in [-0.25, -0.2) is 9.13 Å². The van der Waals surface area contributed by atoms with E-state index in [1.165, 1.54) is 270 Å². The van der Waals surface area contributed by atoms with Crippen molar-refractivity contribution in [2.75, 3.05) is 39.6 Å². The van der Waals surface area contributed by atoms with Gasteiger partial charge >= 0.3 is 39.5 Å². The molecule has 0 rings (SSSR count). The van der Waals surface area contributed by atoms with Crippen LogP contribution < -0.4 is 0 Å². The molecular weight excluding hydrogens is 1380 g/mol. The maximum absolute atomic E-state index is 13.2. The van der Waals surface area contributed by atoms with E-state index in [0.717, 1.165) is 108 Å². The van der Waals surface area contributed by atoms with E-state index in [1.807, 2.05) is 0 Å². The van der Waals surface area contributed by atoms with Gasteiger partial charge in [-0.2, -0.15) is 0 Å². The summed E-state index contributed by atoms with van der Waals surface area (Å²) in [6.07, 6.45) is 68.1. The molecule has 0 aromatic carbocycles. The Balaban J connectivity index is 5.24. The van der Waals surface area contributed by atoms with Crippen molar-refractivity contribution in [3.8, 4) is 0 Å². The second-order valence-electron chi connectivity index (χ2n) is 32.5. The number of carbonyl (C=O) groups excluding carboxylic acids is 4. The molecule has 6 atom stereocenters. The molecule has 106 heavy (non-hydrogen) atoms. The normalized spacial score (nSPS) is 14.1. The molecule has 0 saturated heterocycles. The quantitative estimate of drug-likeness (QED) is 0.0222. The number of esters is 4. The molecule has 0 aliphatic heterocycles. The predicted molar refractivity (Wildman–Crippen MR) is 437 cm³/mol. The summed E-state index contributed by atoms with van der Waals surface area (Å²) in [5.74, 6) is 0.248. The second-order valence-corrected chi connectivity index (χ2v) is 35.4. The van der Waals surface area contributed by atoms with E-state index < -0.39 is 97.5 Å². The highest BCUT2D eigenvalue weighted by atomic mass is 31.2. The lowest BCUT2D eigenvalue weighted by Gasteiger charge is -2.21. The van der Waals surface area contributed by atoms with Crippen LogP contribution in [0.25, 0.3) is 0 Å². The van der Waals surface area contributed by atoms with Crippen LogP contribution in [0, 0.1) is 17.8 Å². The number of phosphoric ester groups is 2. The van der Waals surface area contributed by atoms with Crippen molar-refractivity contribution in [2.45, 2.75) is 478 Å². The molecule has 0 heterocycles. The molecule has 19 heteroatoms. The van der Waals surface area contributed by atoms with Gasteiger partial charge in [-0.1, -0.05) is 408 Å². The van der Waals surface area contributed by atoms with Gasteiger partial charge in [-0.15, -0.1) is 0 Å². The van der Waals surface area contributed by atoms with E-state index in [1.54, 1.807) is 0 Å². The Morgan fingerprint density at radius 2 is 0.481 bits per heavy atom. The number of carbonyl (C=O) groups is 4. The fourth-order valence-electron chi connectivity index (χ4n) is 13.5. The summed E-state index contributed by atoms with van der Waals surface area (Å²) < 4.78 is 68.9. The third-order valence-corrected chi connectivity index (χ3v) is 22.6. The maximum Gasteiger partial charge on any atom is 0.472 e. The second kappa shape index (κ2) is 77.0. The van der Waals surface area contributed by atoms with Crippen LogP contribution in [0.1, 0.15) is 459 Å². The van der Waals surface area contributed by atoms with Crippen molar-refractivity contribution in [1.82, 2.24) is 0 Å². The van der Waals surface area contributed by atoms with Crippen molar-refractivity contribution in [2.24, 2.45) is 17.8 Å². The highest BCUT2D eigenvalue weighted by Gasteiger charge is 2.31. The molecule has 0 amide bonds. The number of unbranched alkanes of at least 4 members (excludes halogenated alkanes) is 52. The van der Waals surface area contributed by atoms with E-state index in [2.05, 4.69) is 48.5 Å². The van der Waals surface area contributed by atoms with E-state index in [0.29, 0.717) is 25.7 Å². The van der Waals surface area contributed by atoms with E-state index in [9.17, 15) is 43.2 Å². The number of hydrogen-bond acceptors (Lipinski definition) is 15. The van der Waals surface area contributed by atoms with Gasteiger partial charge in [-0.05, 0) is 43.4 Å². The van der Waals surface area contributed by atoms with Crippen molar-refractivity contribution >= 4 is 39.5 Å². The van der Waals surface area contributed by atoms with Crippen molar-refractivity contribution in [3.63, 3.8) is 0 Å². The van der Waals surface area contributed by atoms with Crippen LogP contribution in [-0.2, 0) is 65.4 Å². The van der Waals surface area contributed by atoms with Crippen molar-refractivity contribution < 1.29 is 80.2 Å². The summed E-state index contributed by atoms with van der Waals surface area (Å²) >= 11 is 0. The van der Waals surface area contributed by atoms with Gasteiger partial charge < -0.3 is 33.8 Å². The van der Waals surface area contributed by atoms with Crippen LogP contribution in [0.2, 0.25) is 0 Å². The first-order valence-corrected chi connectivity index (χ1v) is 47.9. The van der Waals surface area contributed by atoms with Crippen LogP contribution >= 0.6 is 15.6 Å². The van der Waals surface area contributed by atoms with E-state index in [4.69, 9.17) is 37.0 Å². The monoisotopic (exact) mass is 1550 g/mol. The summed E-state index contributed by atoms with van der Waals surface area (Å²) in [5, 5.41) is 10.7. The zero-order chi connectivity index (χ0) is 77.9. The molecule has 3 N–H and O–H groups in total. The highest BCUT2D eigenvalue weighted by Crippen LogP contribution is 2.45. The molecule has 0 bridgehead atoms. The van der Waals surface area contributed by atoms with Crippen LogP contribution in [0.4, 0.5) is 0 Å². The smallest absolute Gasteiger partial charge is 0.462 e. The van der Waals surface area contributed by atoms with Gasteiger partial charge in [0.25, 0.3) is 0 Å². The maximum atomic E-state index is 13.2. The zero-order valence-electron chi connectivity index (χ0n) is 69.9. The summed E-state index contributed by atoms with van der Waals surface area (Å²) in [7, 11) is -9.93. The van der Waals surface area contributed by atoms with Gasteiger partial charge in [-0.3, -0.25) is 37.3 Å². The molecular formula is C87H170O17P2. The molecule has 3 unspecified atom stereocenters. The van der Waals surface area contributed by atoms with Gasteiger partial charge in [0.05, 0.1) is 26.4 Å². The topological polar surface area (TPSA) is 237 Å². The summed E-state index contributed by atoms with van der Waals surface area (Å²) in [5.41, 5.74) is 0. The number of aliphatic hydroxyl groups is 1. The number of ether oxygens (including phenoxy) is 4. The standard InChI is InChI=1S/C87H170O17P2/c1-8-10-11-12-13-14-15-16-17-18-19-20-21-22-23-24-29-35-40-49-56-63-70-86(91)103-82(74-97-84(89)68-61-54-47-39-34-28-26-25-27-33-38-46-53-60-67-80(7)9-2)76-101-105(93,94)99-72-81(88)73-100-106(95,96)102-77-83(75-98-85(90)69-62-55-48-43-42-45-52-59-66-79(5)6)104-87(92)71-64-57-50-41-36-31-30-32-37-44-51-58-65-78(3)4/h78-83,88H,8-77H2,1-7H3,(H,93,94)(H,95,96)/t80?,81-,82-,83-/m1/s1. The molecule has 630 valence electrons. The first-order valence-electron chi connectivity index (χ1n) is 44.9. The first kappa shape index (κ1) is 104. The number of phosphoric acid groups is 2. The molecule has 0 spiro atoms. The Morgan fingerprint density at radius 1 is 0.274 bits per heavy atom. The van der Waals surface area contributed by atoms with Crippen molar-refractivity contribution in [3.05, 3.63) is 0 Å². The first-order chi connectivity index (χ1) is 51.3. The lowest BCUT2D eigenvalue weighted by atomic mass is 9.99. The third kappa shape index (κ3) is 78.7. The van der Waals surface area contributed by atoms with E-state index >= 15 is 0 Å². The molecule has 0 aliphatic rings. The fraction of sp³-hybridized carbons (Fsp3) is 0.954. The van der Waals surface area contributed by atoms with Gasteiger partial charge in [0, 0.05) is 25.7 Å². The number of hydrogen-bond donors (Lipinski definition) is 3. The summed E-state index contributed by atoms with van der Waals surface area (Å²) in [6.45, 7) is 12.0. The lowest BCUT2D eigenvalue weighted by Crippen LogP contribution is -2.30. The van der Waals surface area contributed by atoms with Crippen LogP contribution in [0.3, 0.4) is 0 Å². The molecule has 17 nitrogen and oxygen atoms in total. The van der Waals surface area contributed by atoms with Gasteiger partial charge in [0.15, 0.2) is 12.2 Å². The predicted octanol–water partition coefficient (Wildman–Crippen LogP) is 26.5. The largest absolute Gasteiger partial charge is 0.472 e. The molecule has 0 fully saturated rings. The van der Waals surface area contributed by atoms with Gasteiger partial charge in [0.2, 0.25) is 0 Å². The lowest BCUT2D eigenvalue weighted by molar-refractivity contribution is -0.161. The SMILES string of the molecule is CCCCCCCCCCCCCCCCCCCCCCCCC(=O)O[C@H](COC(=O)CCCCCCCCCCCCCCCCC(C)CC)COP(=O)(O)OC[C@@H](O)COP(=O)(O)OC[C@@H](COC(=O)CCCCCCCCCCC(C)C)OC(=O)CCCCCCCCCCCCCCC(C)C. The Bertz CT molecular complexity index is 2050. The summed E-state index contributed by atoms with van der Waals surface area (Å²) in [6, 6.07) is 0. The number of rotatable bonds is 85. The molecule has 0 radical (unpaired) electrons. The minimum Gasteiger partial charge on any atom is -0.462 e. The fourth-order valence-corrected chi connectivity index (χ4v) is 15.1. The Labute approximate surface area is 651 Å². The average Bonchev–Trinajstić information content (AvgIpc) is 0.898. The molecule has 0 aliphatic carbocycles. The Kier molecular flexibility index (Phi) is 75.6. The Hall–Kier alpha value is -1.94. The van der Waals surface area contributed by atoms with Crippen LogP contribution in [-0.4, -0.2) is 96.7 Å². The zero-order valence-corrected chi connectivity index (χ0v) is 71.7. The minimum absolute atomic E-state index is 0.106. The molecule has 0 saturated carbocycles. The molecule has 0 aromatic heterocycles.